The Morgan fingerprint density at radius 2 is 2.00 bits per heavy atom. The van der Waals surface area contributed by atoms with Crippen molar-refractivity contribution in [1.29, 1.82) is 0 Å². The van der Waals surface area contributed by atoms with Crippen LogP contribution in [0, 0.1) is 9.39 Å². The average Bonchev–Trinajstić information content (AvgIpc) is 2.72. The number of halogens is 2. The average molecular weight is 392 g/mol. The van der Waals surface area contributed by atoms with Crippen molar-refractivity contribution in [3.8, 4) is 11.3 Å². The molecule has 0 atom stereocenters. The van der Waals surface area contributed by atoms with Gasteiger partial charge < -0.3 is 10.3 Å². The Kier molecular flexibility index (Phi) is 2.78. The predicted octanol–water partition coefficient (Wildman–Crippen LogP) is 4.07. The van der Waals surface area contributed by atoms with Crippen LogP contribution in [0.15, 0.2) is 36.4 Å². The lowest BCUT2D eigenvalue weighted by Gasteiger charge is -2.07. The summed E-state index contributed by atoms with van der Waals surface area (Å²) in [4.78, 5) is 15.4. The number of anilines is 1. The summed E-state index contributed by atoms with van der Waals surface area (Å²) in [7, 11) is 0. The maximum absolute atomic E-state index is 13.5. The molecule has 2 N–H and O–H groups in total. The molecule has 1 aliphatic rings. The van der Waals surface area contributed by atoms with Crippen LogP contribution in [-0.2, 0) is 11.2 Å². The van der Waals surface area contributed by atoms with E-state index in [1.54, 1.807) is 6.07 Å². The minimum Gasteiger partial charge on any atom is -0.354 e. The molecule has 1 aromatic heterocycles. The highest BCUT2D eigenvalue weighted by molar-refractivity contribution is 14.1. The van der Waals surface area contributed by atoms with Crippen LogP contribution in [-0.4, -0.2) is 10.9 Å². The number of aromatic amines is 1. The zero-order valence-corrected chi connectivity index (χ0v) is 13.0. The molecule has 0 saturated heterocycles. The topological polar surface area (TPSA) is 44.9 Å². The van der Waals surface area contributed by atoms with Crippen molar-refractivity contribution in [3.63, 3.8) is 0 Å². The van der Waals surface area contributed by atoms with Crippen molar-refractivity contribution in [2.45, 2.75) is 6.42 Å². The highest BCUT2D eigenvalue weighted by atomic mass is 127. The molecular weight excluding hydrogens is 382 g/mol. The smallest absolute Gasteiger partial charge is 0.228 e. The Labute approximate surface area is 133 Å². The fourth-order valence-electron chi connectivity index (χ4n) is 2.82. The number of fused-ring (bicyclic) bond motifs is 5. The molecule has 0 bridgehead atoms. The summed E-state index contributed by atoms with van der Waals surface area (Å²) < 4.78 is 14.6. The van der Waals surface area contributed by atoms with Crippen molar-refractivity contribution in [2.24, 2.45) is 0 Å². The highest BCUT2D eigenvalue weighted by Crippen LogP contribution is 2.38. The summed E-state index contributed by atoms with van der Waals surface area (Å²) in [5, 5.41) is 3.68. The minimum absolute atomic E-state index is 0.0821. The second-order valence-corrected chi connectivity index (χ2v) is 6.33. The summed E-state index contributed by atoms with van der Waals surface area (Å²) in [6.07, 6.45) is 0.240. The van der Waals surface area contributed by atoms with E-state index in [1.807, 2.05) is 18.2 Å². The van der Waals surface area contributed by atoms with E-state index in [-0.39, 0.29) is 18.1 Å². The van der Waals surface area contributed by atoms with Gasteiger partial charge in [0.05, 0.1) is 17.8 Å². The van der Waals surface area contributed by atoms with E-state index in [9.17, 15) is 9.18 Å². The Morgan fingerprint density at radius 1 is 1.14 bits per heavy atom. The summed E-state index contributed by atoms with van der Waals surface area (Å²) in [5.74, 6) is -0.377. The number of hydrogen-bond acceptors (Lipinski definition) is 1. The summed E-state index contributed by atoms with van der Waals surface area (Å²) >= 11 is 2.24. The van der Waals surface area contributed by atoms with E-state index in [1.165, 1.54) is 12.1 Å². The molecule has 0 saturated carbocycles. The number of nitrogens with one attached hydrogen (secondary N) is 2. The van der Waals surface area contributed by atoms with Crippen molar-refractivity contribution in [2.75, 3.05) is 5.32 Å². The van der Waals surface area contributed by atoms with Gasteiger partial charge in [-0.1, -0.05) is 0 Å². The van der Waals surface area contributed by atoms with Gasteiger partial charge in [0.15, 0.2) is 0 Å². The number of carbonyl (C=O) groups excluding carboxylic acids is 1. The van der Waals surface area contributed by atoms with Gasteiger partial charge >= 0.3 is 0 Å². The van der Waals surface area contributed by atoms with Crippen LogP contribution in [0.3, 0.4) is 0 Å². The van der Waals surface area contributed by atoms with E-state index in [0.29, 0.717) is 0 Å². The van der Waals surface area contributed by atoms with Crippen LogP contribution in [0.25, 0.3) is 22.2 Å². The Morgan fingerprint density at radius 3 is 2.86 bits per heavy atom. The van der Waals surface area contributed by atoms with Crippen molar-refractivity contribution < 1.29 is 9.18 Å². The normalized spacial score (nSPS) is 13.5. The first-order valence-corrected chi connectivity index (χ1v) is 7.59. The Hall–Kier alpha value is -1.89. The van der Waals surface area contributed by atoms with Gasteiger partial charge in [-0.05, 0) is 64.6 Å². The molecule has 104 valence electrons. The monoisotopic (exact) mass is 392 g/mol. The van der Waals surface area contributed by atoms with Crippen LogP contribution in [0.5, 0.6) is 0 Å². The third-order valence-electron chi connectivity index (χ3n) is 3.73. The lowest BCUT2D eigenvalue weighted by atomic mass is 10.0. The Bertz CT molecular complexity index is 901. The van der Waals surface area contributed by atoms with Gasteiger partial charge in [0.1, 0.15) is 5.82 Å². The SMILES string of the molecule is O=C1Cc2c([nH]c3ccc(F)cc23)-c2cc(I)ccc2N1. The first-order chi connectivity index (χ1) is 10.1. The molecular formula is C16H10FIN2O. The number of hydrogen-bond donors (Lipinski definition) is 2. The number of benzene rings is 2. The van der Waals surface area contributed by atoms with Gasteiger partial charge in [-0.3, -0.25) is 4.79 Å². The van der Waals surface area contributed by atoms with Crippen molar-refractivity contribution in [1.82, 2.24) is 4.98 Å². The van der Waals surface area contributed by atoms with Crippen molar-refractivity contribution in [3.05, 3.63) is 51.3 Å². The van der Waals surface area contributed by atoms with Crippen LogP contribution in [0.4, 0.5) is 10.1 Å². The second kappa shape index (κ2) is 4.56. The van der Waals surface area contributed by atoms with E-state index < -0.39 is 0 Å². The molecule has 0 spiro atoms. The lowest BCUT2D eigenvalue weighted by molar-refractivity contribution is -0.115. The molecule has 2 heterocycles. The molecule has 3 nitrogen and oxygen atoms in total. The number of rotatable bonds is 0. The van der Waals surface area contributed by atoms with Crippen LogP contribution >= 0.6 is 22.6 Å². The molecule has 3 aromatic rings. The molecule has 4 rings (SSSR count). The number of H-pyrrole nitrogens is 1. The van der Waals surface area contributed by atoms with Crippen LogP contribution in [0.2, 0.25) is 0 Å². The molecule has 0 radical (unpaired) electrons. The quantitative estimate of drug-likeness (QED) is 0.557. The van der Waals surface area contributed by atoms with Crippen LogP contribution < -0.4 is 5.32 Å². The molecule has 0 unspecified atom stereocenters. The first kappa shape index (κ1) is 12.8. The number of amides is 1. The van der Waals surface area contributed by atoms with Gasteiger partial charge in [-0.25, -0.2) is 4.39 Å². The fourth-order valence-corrected chi connectivity index (χ4v) is 3.31. The van der Waals surface area contributed by atoms with E-state index in [4.69, 9.17) is 0 Å². The Balaban J connectivity index is 2.10. The fraction of sp³-hybridized carbons (Fsp3) is 0.0625. The zero-order chi connectivity index (χ0) is 14.6. The summed E-state index contributed by atoms with van der Waals surface area (Å²) in [5.41, 5.74) is 4.32. The van der Waals surface area contributed by atoms with Crippen LogP contribution in [0.1, 0.15) is 5.56 Å². The van der Waals surface area contributed by atoms with Gasteiger partial charge in [0, 0.05) is 20.0 Å². The highest BCUT2D eigenvalue weighted by Gasteiger charge is 2.23. The standard InChI is InChI=1S/C16H10FIN2O/c17-8-1-3-13-10(5-8)11-7-15(21)19-14-4-2-9(18)6-12(14)16(11)20-13/h1-6,20H,7H2,(H,19,21). The molecule has 0 aliphatic carbocycles. The van der Waals surface area contributed by atoms with Gasteiger partial charge in [-0.2, -0.15) is 0 Å². The van der Waals surface area contributed by atoms with Gasteiger partial charge in [0.25, 0.3) is 0 Å². The largest absolute Gasteiger partial charge is 0.354 e. The van der Waals surface area contributed by atoms with Gasteiger partial charge in [0.2, 0.25) is 5.91 Å². The number of aromatic nitrogens is 1. The number of carbonyl (C=O) groups is 1. The van der Waals surface area contributed by atoms with E-state index in [2.05, 4.69) is 32.9 Å². The first-order valence-electron chi connectivity index (χ1n) is 6.52. The minimum atomic E-state index is -0.295. The molecule has 1 aliphatic heterocycles. The molecule has 21 heavy (non-hydrogen) atoms. The summed E-state index contributed by atoms with van der Waals surface area (Å²) in [6, 6.07) is 10.5. The van der Waals surface area contributed by atoms with E-state index >= 15 is 0 Å². The molecule has 5 heteroatoms. The maximum Gasteiger partial charge on any atom is 0.228 e. The summed E-state index contributed by atoms with van der Waals surface area (Å²) in [6.45, 7) is 0. The van der Waals surface area contributed by atoms with Gasteiger partial charge in [-0.15, -0.1) is 0 Å². The molecule has 2 aromatic carbocycles. The van der Waals surface area contributed by atoms with Crippen molar-refractivity contribution >= 4 is 45.1 Å². The lowest BCUT2D eigenvalue weighted by Crippen LogP contribution is -2.12. The third-order valence-corrected chi connectivity index (χ3v) is 4.40. The maximum atomic E-state index is 13.5. The predicted molar refractivity (Wildman–Crippen MR) is 88.7 cm³/mol. The van der Waals surface area contributed by atoms with E-state index in [0.717, 1.165) is 37.0 Å². The third kappa shape index (κ3) is 2.03. The molecule has 1 amide bonds. The second-order valence-electron chi connectivity index (χ2n) is 5.08. The molecule has 0 fully saturated rings. The zero-order valence-electron chi connectivity index (χ0n) is 10.8.